The molecule has 0 atom stereocenters. The lowest BCUT2D eigenvalue weighted by Gasteiger charge is -2.01. The molecule has 1 rings (SSSR count). The Bertz CT molecular complexity index is 311. The van der Waals surface area contributed by atoms with Crippen LogP contribution in [0.15, 0.2) is 48.1 Å². The van der Waals surface area contributed by atoms with Crippen molar-refractivity contribution < 1.29 is 0 Å². The van der Waals surface area contributed by atoms with Crippen molar-refractivity contribution in [3.63, 3.8) is 0 Å². The van der Waals surface area contributed by atoms with Crippen LogP contribution in [-0.4, -0.2) is 0 Å². The third-order valence-electron chi connectivity index (χ3n) is 1.86. The van der Waals surface area contributed by atoms with Gasteiger partial charge in [0.2, 0.25) is 0 Å². The van der Waals surface area contributed by atoms with Crippen LogP contribution in [0.4, 0.5) is 0 Å². The number of rotatable bonds is 2. The maximum Gasteiger partial charge on any atom is -0.0187 e. The molecule has 1 aromatic carbocycles. The largest absolute Gasteiger partial charge is 0.0798 e. The summed E-state index contributed by atoms with van der Waals surface area (Å²) in [6.07, 6.45) is 4.34. The Balaban J connectivity index is 3.00. The Kier molecular flexibility index (Phi) is 3.51. The molecule has 0 heterocycles. The van der Waals surface area contributed by atoms with Gasteiger partial charge in [0.15, 0.2) is 0 Å². The molecule has 0 N–H and O–H groups in total. The zero-order valence-corrected chi connectivity index (χ0v) is 8.54. The fourth-order valence-electron chi connectivity index (χ4n) is 1.27. The summed E-state index contributed by atoms with van der Waals surface area (Å²) in [7, 11) is 0. The zero-order valence-electron chi connectivity index (χ0n) is 8.54. The van der Waals surface area contributed by atoms with Gasteiger partial charge in [-0.2, -0.15) is 0 Å². The van der Waals surface area contributed by atoms with Crippen molar-refractivity contribution in [2.45, 2.75) is 20.8 Å². The van der Waals surface area contributed by atoms with Crippen molar-refractivity contribution in [2.24, 2.45) is 0 Å². The molecule has 1 aromatic rings. The first-order chi connectivity index (χ1) is 6.24. The average Bonchev–Trinajstić information content (AvgIpc) is 2.15. The Morgan fingerprint density at radius 2 is 1.69 bits per heavy atom. The van der Waals surface area contributed by atoms with Gasteiger partial charge in [-0.25, -0.2) is 0 Å². The van der Waals surface area contributed by atoms with Crippen LogP contribution in [0.25, 0.3) is 5.57 Å². The van der Waals surface area contributed by atoms with Gasteiger partial charge in [-0.05, 0) is 31.9 Å². The molecule has 0 aliphatic rings. The molecule has 0 aliphatic heterocycles. The van der Waals surface area contributed by atoms with Crippen LogP contribution in [0, 0.1) is 0 Å². The highest BCUT2D eigenvalue weighted by Crippen LogP contribution is 2.16. The van der Waals surface area contributed by atoms with Gasteiger partial charge in [0.1, 0.15) is 0 Å². The second-order valence-electron chi connectivity index (χ2n) is 3.33. The maximum absolute atomic E-state index is 2.20. The molecule has 0 spiro atoms. The highest BCUT2D eigenvalue weighted by atomic mass is 14.0. The molecular weight excluding hydrogens is 156 g/mol. The first-order valence-electron chi connectivity index (χ1n) is 4.60. The molecular formula is C13H16. The third kappa shape index (κ3) is 2.90. The van der Waals surface area contributed by atoms with E-state index in [-0.39, 0.29) is 0 Å². The van der Waals surface area contributed by atoms with Crippen LogP contribution in [0.5, 0.6) is 0 Å². The normalized spacial score (nSPS) is 11.2. The van der Waals surface area contributed by atoms with E-state index in [4.69, 9.17) is 0 Å². The van der Waals surface area contributed by atoms with Gasteiger partial charge >= 0.3 is 0 Å². The Morgan fingerprint density at radius 1 is 1.08 bits per heavy atom. The zero-order chi connectivity index (χ0) is 9.68. The van der Waals surface area contributed by atoms with Crippen LogP contribution >= 0.6 is 0 Å². The van der Waals surface area contributed by atoms with Crippen molar-refractivity contribution >= 4 is 5.57 Å². The van der Waals surface area contributed by atoms with E-state index in [1.165, 1.54) is 16.7 Å². The van der Waals surface area contributed by atoms with Crippen LogP contribution in [0.1, 0.15) is 26.3 Å². The van der Waals surface area contributed by atoms with E-state index < -0.39 is 0 Å². The van der Waals surface area contributed by atoms with E-state index >= 15 is 0 Å². The molecule has 0 nitrogen and oxygen atoms in total. The number of benzene rings is 1. The molecule has 0 fully saturated rings. The second kappa shape index (κ2) is 4.66. The van der Waals surface area contributed by atoms with Gasteiger partial charge in [0, 0.05) is 0 Å². The summed E-state index contributed by atoms with van der Waals surface area (Å²) in [6.45, 7) is 6.31. The summed E-state index contributed by atoms with van der Waals surface area (Å²) in [4.78, 5) is 0. The minimum atomic E-state index is 1.28. The van der Waals surface area contributed by atoms with Crippen LogP contribution in [-0.2, 0) is 0 Å². The summed E-state index contributed by atoms with van der Waals surface area (Å²) < 4.78 is 0. The molecule has 0 amide bonds. The molecule has 0 saturated carbocycles. The standard InChI is InChI=1S/C13H16/c1-4-12(10-11(2)3)13-8-6-5-7-9-13/h4-10H,1-3H3/b12-4+. The van der Waals surface area contributed by atoms with Crippen molar-refractivity contribution in [3.8, 4) is 0 Å². The summed E-state index contributed by atoms with van der Waals surface area (Å²) >= 11 is 0. The molecule has 0 heteroatoms. The first kappa shape index (κ1) is 9.79. The summed E-state index contributed by atoms with van der Waals surface area (Å²) in [5, 5.41) is 0. The summed E-state index contributed by atoms with van der Waals surface area (Å²) in [5.41, 5.74) is 3.91. The SMILES string of the molecule is C/C=C(\C=C(C)C)c1ccccc1. The predicted molar refractivity (Wildman–Crippen MR) is 59.5 cm³/mol. The molecule has 0 radical (unpaired) electrons. The van der Waals surface area contributed by atoms with Gasteiger partial charge in [-0.3, -0.25) is 0 Å². The lowest BCUT2D eigenvalue weighted by Crippen LogP contribution is -1.79. The van der Waals surface area contributed by atoms with Crippen molar-refractivity contribution in [2.75, 3.05) is 0 Å². The van der Waals surface area contributed by atoms with E-state index in [9.17, 15) is 0 Å². The topological polar surface area (TPSA) is 0 Å². The van der Waals surface area contributed by atoms with E-state index in [1.54, 1.807) is 0 Å². The van der Waals surface area contributed by atoms with Crippen molar-refractivity contribution in [1.82, 2.24) is 0 Å². The molecule has 68 valence electrons. The number of hydrogen-bond acceptors (Lipinski definition) is 0. The van der Waals surface area contributed by atoms with Gasteiger partial charge in [-0.1, -0.05) is 48.1 Å². The quantitative estimate of drug-likeness (QED) is 0.590. The first-order valence-corrected chi connectivity index (χ1v) is 4.60. The molecule has 0 bridgehead atoms. The smallest absolute Gasteiger partial charge is 0.0187 e. The minimum absolute atomic E-state index is 1.28. The highest BCUT2D eigenvalue weighted by Gasteiger charge is 1.94. The van der Waals surface area contributed by atoms with Gasteiger partial charge in [0.05, 0.1) is 0 Å². The maximum atomic E-state index is 2.20. The average molecular weight is 172 g/mol. The molecule has 0 unspecified atom stereocenters. The Hall–Kier alpha value is -1.30. The van der Waals surface area contributed by atoms with E-state index in [1.807, 2.05) is 6.07 Å². The summed E-state index contributed by atoms with van der Waals surface area (Å²) in [6, 6.07) is 10.4. The third-order valence-corrected chi connectivity index (χ3v) is 1.86. The predicted octanol–water partition coefficient (Wildman–Crippen LogP) is 4.06. The monoisotopic (exact) mass is 172 g/mol. The van der Waals surface area contributed by atoms with Crippen molar-refractivity contribution in [3.05, 3.63) is 53.6 Å². The Labute approximate surface area is 80.6 Å². The number of allylic oxidation sites excluding steroid dienone is 4. The van der Waals surface area contributed by atoms with E-state index in [2.05, 4.69) is 57.2 Å². The molecule has 0 aromatic heterocycles. The van der Waals surface area contributed by atoms with Crippen molar-refractivity contribution in [1.29, 1.82) is 0 Å². The van der Waals surface area contributed by atoms with E-state index in [0.29, 0.717) is 0 Å². The molecule has 13 heavy (non-hydrogen) atoms. The van der Waals surface area contributed by atoms with Gasteiger partial charge in [0.25, 0.3) is 0 Å². The lowest BCUT2D eigenvalue weighted by atomic mass is 10.0. The van der Waals surface area contributed by atoms with Gasteiger partial charge in [-0.15, -0.1) is 0 Å². The Morgan fingerprint density at radius 3 is 2.15 bits per heavy atom. The molecule has 0 saturated heterocycles. The van der Waals surface area contributed by atoms with Crippen LogP contribution in [0.3, 0.4) is 0 Å². The van der Waals surface area contributed by atoms with E-state index in [0.717, 1.165) is 0 Å². The number of hydrogen-bond donors (Lipinski definition) is 0. The van der Waals surface area contributed by atoms with Crippen LogP contribution < -0.4 is 0 Å². The highest BCUT2D eigenvalue weighted by molar-refractivity contribution is 5.74. The fraction of sp³-hybridized carbons (Fsp3) is 0.231. The fourth-order valence-corrected chi connectivity index (χ4v) is 1.27. The second-order valence-corrected chi connectivity index (χ2v) is 3.33. The lowest BCUT2D eigenvalue weighted by molar-refractivity contribution is 1.39. The summed E-state index contributed by atoms with van der Waals surface area (Å²) in [5.74, 6) is 0. The van der Waals surface area contributed by atoms with Crippen LogP contribution in [0.2, 0.25) is 0 Å². The molecule has 0 aliphatic carbocycles. The van der Waals surface area contributed by atoms with Gasteiger partial charge < -0.3 is 0 Å². The minimum Gasteiger partial charge on any atom is -0.0798 e.